The summed E-state index contributed by atoms with van der Waals surface area (Å²) in [6.07, 6.45) is 5.47. The van der Waals surface area contributed by atoms with Crippen LogP contribution in [-0.4, -0.2) is 16.7 Å². The van der Waals surface area contributed by atoms with Crippen molar-refractivity contribution in [2.75, 3.05) is 7.11 Å². The van der Waals surface area contributed by atoms with Gasteiger partial charge >= 0.3 is 0 Å². The number of nitrogens with zero attached hydrogens (tertiary/aromatic N) is 2. The van der Waals surface area contributed by atoms with Crippen molar-refractivity contribution in [2.24, 2.45) is 0 Å². The van der Waals surface area contributed by atoms with Crippen molar-refractivity contribution >= 4 is 22.5 Å². The molecule has 4 heteroatoms. The van der Waals surface area contributed by atoms with Crippen LogP contribution in [0.5, 0.6) is 5.75 Å². The zero-order valence-corrected chi connectivity index (χ0v) is 11.3. The minimum absolute atomic E-state index is 0.687. The summed E-state index contributed by atoms with van der Waals surface area (Å²) in [5.41, 5.74) is 2.18. The molecule has 0 spiro atoms. The molecule has 0 unspecified atom stereocenters. The fraction of sp³-hybridized carbons (Fsp3) is 0.133. The second-order valence-electron chi connectivity index (χ2n) is 4.30. The predicted octanol–water partition coefficient (Wildman–Crippen LogP) is 3.75. The number of rotatable bonds is 3. The van der Waals surface area contributed by atoms with Gasteiger partial charge in [-0.25, -0.2) is 0 Å². The van der Waals surface area contributed by atoms with E-state index in [4.69, 9.17) is 16.3 Å². The topological polar surface area (TPSA) is 27.1 Å². The van der Waals surface area contributed by atoms with Crippen LogP contribution in [0.4, 0.5) is 0 Å². The molecule has 0 aliphatic rings. The number of pyridine rings is 1. The van der Waals surface area contributed by atoms with Crippen molar-refractivity contribution in [1.29, 1.82) is 0 Å². The van der Waals surface area contributed by atoms with Crippen LogP contribution in [-0.2, 0) is 6.54 Å². The second-order valence-corrected chi connectivity index (χ2v) is 4.71. The van der Waals surface area contributed by atoms with Gasteiger partial charge in [-0.05, 0) is 29.8 Å². The van der Waals surface area contributed by atoms with Crippen LogP contribution >= 0.6 is 11.6 Å². The van der Waals surface area contributed by atoms with Gasteiger partial charge in [0, 0.05) is 30.5 Å². The summed E-state index contributed by atoms with van der Waals surface area (Å²) in [6, 6.07) is 10.0. The Balaban J connectivity index is 2.05. The number of hydrogen-bond donors (Lipinski definition) is 0. The highest BCUT2D eigenvalue weighted by atomic mass is 35.5. The van der Waals surface area contributed by atoms with E-state index in [2.05, 4.69) is 21.7 Å². The van der Waals surface area contributed by atoms with Crippen molar-refractivity contribution in [3.8, 4) is 5.75 Å². The van der Waals surface area contributed by atoms with E-state index in [-0.39, 0.29) is 0 Å². The van der Waals surface area contributed by atoms with Crippen LogP contribution in [0.2, 0.25) is 5.02 Å². The van der Waals surface area contributed by atoms with Crippen molar-refractivity contribution in [1.82, 2.24) is 9.55 Å². The lowest BCUT2D eigenvalue weighted by Crippen LogP contribution is -1.98. The molecule has 19 heavy (non-hydrogen) atoms. The molecule has 0 N–H and O–H groups in total. The highest BCUT2D eigenvalue weighted by Gasteiger charge is 2.07. The van der Waals surface area contributed by atoms with Gasteiger partial charge < -0.3 is 9.30 Å². The molecule has 0 saturated carbocycles. The molecule has 3 nitrogen and oxygen atoms in total. The van der Waals surface area contributed by atoms with E-state index in [1.54, 1.807) is 19.5 Å². The fourth-order valence-electron chi connectivity index (χ4n) is 2.23. The summed E-state index contributed by atoms with van der Waals surface area (Å²) in [5.74, 6) is 0.886. The molecule has 0 amide bonds. The monoisotopic (exact) mass is 272 g/mol. The summed E-state index contributed by atoms with van der Waals surface area (Å²) in [4.78, 5) is 4.00. The van der Waals surface area contributed by atoms with Crippen molar-refractivity contribution in [3.63, 3.8) is 0 Å². The van der Waals surface area contributed by atoms with Gasteiger partial charge in [-0.2, -0.15) is 0 Å². The average Bonchev–Trinajstić information content (AvgIpc) is 2.84. The maximum Gasteiger partial charge on any atom is 0.128 e. The Bertz CT molecular complexity index is 721. The maximum absolute atomic E-state index is 6.15. The van der Waals surface area contributed by atoms with E-state index in [1.165, 1.54) is 0 Å². The highest BCUT2D eigenvalue weighted by Crippen LogP contribution is 2.27. The fourth-order valence-corrected chi connectivity index (χ4v) is 2.41. The zero-order chi connectivity index (χ0) is 13.2. The largest absolute Gasteiger partial charge is 0.496 e. The van der Waals surface area contributed by atoms with Crippen LogP contribution in [0.1, 0.15) is 5.56 Å². The first-order chi connectivity index (χ1) is 9.29. The average molecular weight is 273 g/mol. The summed E-state index contributed by atoms with van der Waals surface area (Å²) in [7, 11) is 1.69. The summed E-state index contributed by atoms with van der Waals surface area (Å²) < 4.78 is 7.52. The van der Waals surface area contributed by atoms with Crippen molar-refractivity contribution in [2.45, 2.75) is 6.54 Å². The van der Waals surface area contributed by atoms with Crippen molar-refractivity contribution < 1.29 is 4.74 Å². The van der Waals surface area contributed by atoms with E-state index < -0.39 is 0 Å². The zero-order valence-electron chi connectivity index (χ0n) is 10.5. The minimum atomic E-state index is 0.687. The number of aromatic nitrogens is 2. The quantitative estimate of drug-likeness (QED) is 0.726. The number of benzene rings is 1. The SMILES string of the molecule is COc1cccc2c1ccn2Cc1ccncc1Cl. The summed E-state index contributed by atoms with van der Waals surface area (Å²) in [6.45, 7) is 0.720. The number of halogens is 1. The lowest BCUT2D eigenvalue weighted by atomic mass is 10.2. The first-order valence-electron chi connectivity index (χ1n) is 6.00. The molecule has 3 rings (SSSR count). The number of methoxy groups -OCH3 is 1. The third-order valence-electron chi connectivity index (χ3n) is 3.19. The Hall–Kier alpha value is -2.00. The van der Waals surface area contributed by atoms with Gasteiger partial charge in [-0.3, -0.25) is 4.98 Å². The van der Waals surface area contributed by atoms with Crippen LogP contribution < -0.4 is 4.74 Å². The molecule has 0 bridgehead atoms. The molecule has 2 heterocycles. The number of fused-ring (bicyclic) bond motifs is 1. The molecule has 2 aromatic heterocycles. The number of hydrogen-bond acceptors (Lipinski definition) is 2. The molecule has 96 valence electrons. The molecule has 3 aromatic rings. The standard InChI is InChI=1S/C15H13ClN2O/c1-19-15-4-2-3-14-12(15)6-8-18(14)10-11-5-7-17-9-13(11)16/h2-9H,10H2,1H3. The molecular formula is C15H13ClN2O. The van der Waals surface area contributed by atoms with Crippen molar-refractivity contribution in [3.05, 3.63) is 59.5 Å². The third kappa shape index (κ3) is 2.17. The van der Waals surface area contributed by atoms with Crippen LogP contribution in [0.3, 0.4) is 0 Å². The molecule has 1 aromatic carbocycles. The Labute approximate surface area is 116 Å². The van der Waals surface area contributed by atoms with E-state index in [0.29, 0.717) is 5.02 Å². The Kier molecular flexibility index (Phi) is 3.13. The lowest BCUT2D eigenvalue weighted by molar-refractivity contribution is 0.420. The summed E-state index contributed by atoms with van der Waals surface area (Å²) in [5, 5.41) is 1.79. The lowest BCUT2D eigenvalue weighted by Gasteiger charge is -2.08. The van der Waals surface area contributed by atoms with Crippen LogP contribution in [0, 0.1) is 0 Å². The van der Waals surface area contributed by atoms with Gasteiger partial charge in [0.2, 0.25) is 0 Å². The molecule has 0 aliphatic heterocycles. The van der Waals surface area contributed by atoms with E-state index >= 15 is 0 Å². The predicted molar refractivity (Wildman–Crippen MR) is 76.8 cm³/mol. The van der Waals surface area contributed by atoms with Gasteiger partial charge in [-0.1, -0.05) is 17.7 Å². The van der Waals surface area contributed by atoms with Gasteiger partial charge in [0.25, 0.3) is 0 Å². The minimum Gasteiger partial charge on any atom is -0.496 e. The van der Waals surface area contributed by atoms with Gasteiger partial charge in [-0.15, -0.1) is 0 Å². The molecule has 0 atom stereocenters. The normalized spacial score (nSPS) is 10.8. The van der Waals surface area contributed by atoms with E-state index in [0.717, 1.165) is 28.8 Å². The molecule has 0 aliphatic carbocycles. The molecule has 0 saturated heterocycles. The van der Waals surface area contributed by atoms with Crippen LogP contribution in [0.25, 0.3) is 10.9 Å². The van der Waals surface area contributed by atoms with Crippen LogP contribution in [0.15, 0.2) is 48.9 Å². The maximum atomic E-state index is 6.15. The highest BCUT2D eigenvalue weighted by molar-refractivity contribution is 6.31. The van der Waals surface area contributed by atoms with E-state index in [9.17, 15) is 0 Å². The number of ether oxygens (including phenoxy) is 1. The molecule has 0 fully saturated rings. The second kappa shape index (κ2) is 4.94. The van der Waals surface area contributed by atoms with Gasteiger partial charge in [0.15, 0.2) is 0 Å². The van der Waals surface area contributed by atoms with Gasteiger partial charge in [0.05, 0.1) is 17.6 Å². The first kappa shape index (κ1) is 12.1. The molecule has 0 radical (unpaired) electrons. The Morgan fingerprint density at radius 1 is 1.26 bits per heavy atom. The smallest absolute Gasteiger partial charge is 0.128 e. The Morgan fingerprint density at radius 2 is 2.16 bits per heavy atom. The molecular weight excluding hydrogens is 260 g/mol. The van der Waals surface area contributed by atoms with Gasteiger partial charge in [0.1, 0.15) is 5.75 Å². The Morgan fingerprint density at radius 3 is 2.95 bits per heavy atom. The first-order valence-corrected chi connectivity index (χ1v) is 6.37. The van der Waals surface area contributed by atoms with E-state index in [1.807, 2.05) is 24.4 Å². The third-order valence-corrected chi connectivity index (χ3v) is 3.53. The summed E-state index contributed by atoms with van der Waals surface area (Å²) >= 11 is 6.15.